The van der Waals surface area contributed by atoms with E-state index in [1.54, 1.807) is 10.9 Å². The van der Waals surface area contributed by atoms with Gasteiger partial charge in [0.25, 0.3) is 5.91 Å². The molecule has 0 aliphatic heterocycles. The Morgan fingerprint density at radius 1 is 1.00 bits per heavy atom. The summed E-state index contributed by atoms with van der Waals surface area (Å²) in [7, 11) is 1.83. The Morgan fingerprint density at radius 3 is 2.23 bits per heavy atom. The number of aromatic nitrogens is 2. The molecule has 2 aromatic carbocycles. The van der Waals surface area contributed by atoms with Crippen molar-refractivity contribution in [1.29, 1.82) is 0 Å². The fourth-order valence-electron chi connectivity index (χ4n) is 2.36. The number of amides is 1. The maximum Gasteiger partial charge on any atom is 0.255 e. The molecule has 0 spiro atoms. The van der Waals surface area contributed by atoms with E-state index in [-0.39, 0.29) is 5.91 Å². The molecule has 1 heterocycles. The maximum absolute atomic E-state index is 12.3. The number of benzene rings is 2. The molecule has 0 aliphatic carbocycles. The van der Waals surface area contributed by atoms with Gasteiger partial charge in [-0.25, -0.2) is 0 Å². The van der Waals surface area contributed by atoms with E-state index < -0.39 is 0 Å². The van der Waals surface area contributed by atoms with Gasteiger partial charge in [0.2, 0.25) is 0 Å². The molecule has 4 heteroatoms. The van der Waals surface area contributed by atoms with E-state index >= 15 is 0 Å². The van der Waals surface area contributed by atoms with Gasteiger partial charge in [-0.05, 0) is 30.2 Å². The Kier molecular flexibility index (Phi) is 3.74. The molecule has 0 bridgehead atoms. The van der Waals surface area contributed by atoms with E-state index in [0.717, 1.165) is 22.5 Å². The Balaban J connectivity index is 1.78. The smallest absolute Gasteiger partial charge is 0.255 e. The van der Waals surface area contributed by atoms with Gasteiger partial charge in [0.15, 0.2) is 0 Å². The van der Waals surface area contributed by atoms with E-state index in [1.807, 2.05) is 68.6 Å². The molecule has 1 N–H and O–H groups in total. The minimum atomic E-state index is -0.129. The summed E-state index contributed by atoms with van der Waals surface area (Å²) in [6.45, 7) is 1.87. The summed E-state index contributed by atoms with van der Waals surface area (Å²) in [6, 6.07) is 17.7. The molecule has 110 valence electrons. The van der Waals surface area contributed by atoms with Crippen LogP contribution in [0.4, 0.5) is 5.69 Å². The Hall–Kier alpha value is -2.88. The van der Waals surface area contributed by atoms with E-state index in [1.165, 1.54) is 0 Å². The van der Waals surface area contributed by atoms with Crippen LogP contribution in [0.5, 0.6) is 0 Å². The summed E-state index contributed by atoms with van der Waals surface area (Å²) in [5.74, 6) is -0.129. The lowest BCUT2D eigenvalue weighted by atomic mass is 10.0. The van der Waals surface area contributed by atoms with Crippen LogP contribution in [-0.4, -0.2) is 15.7 Å². The van der Waals surface area contributed by atoms with E-state index in [2.05, 4.69) is 10.4 Å². The molecule has 1 amide bonds. The van der Waals surface area contributed by atoms with E-state index in [4.69, 9.17) is 0 Å². The van der Waals surface area contributed by atoms with Gasteiger partial charge in [0.1, 0.15) is 0 Å². The number of hydrogen-bond donors (Lipinski definition) is 1. The topological polar surface area (TPSA) is 46.9 Å². The minimum absolute atomic E-state index is 0.129. The average molecular weight is 291 g/mol. The van der Waals surface area contributed by atoms with Crippen molar-refractivity contribution in [2.75, 3.05) is 5.32 Å². The van der Waals surface area contributed by atoms with Crippen molar-refractivity contribution >= 4 is 11.6 Å². The summed E-state index contributed by atoms with van der Waals surface area (Å²) in [4.78, 5) is 12.3. The van der Waals surface area contributed by atoms with Crippen LogP contribution in [0.1, 0.15) is 16.1 Å². The van der Waals surface area contributed by atoms with Crippen LogP contribution in [0.25, 0.3) is 11.1 Å². The van der Waals surface area contributed by atoms with Crippen LogP contribution in [0.15, 0.2) is 60.8 Å². The fourth-order valence-corrected chi connectivity index (χ4v) is 2.36. The van der Waals surface area contributed by atoms with Crippen molar-refractivity contribution in [2.24, 2.45) is 7.05 Å². The molecule has 0 saturated heterocycles. The lowest BCUT2D eigenvalue weighted by Gasteiger charge is -2.05. The molecule has 4 nitrogen and oxygen atoms in total. The number of rotatable bonds is 3. The molecule has 3 rings (SSSR count). The Morgan fingerprint density at radius 2 is 1.64 bits per heavy atom. The highest BCUT2D eigenvalue weighted by Gasteiger charge is 2.10. The molecule has 3 aromatic rings. The number of nitrogens with zero attached hydrogens (tertiary/aromatic N) is 2. The molecule has 0 atom stereocenters. The maximum atomic E-state index is 12.3. The summed E-state index contributed by atoms with van der Waals surface area (Å²) in [6.07, 6.45) is 1.80. The van der Waals surface area contributed by atoms with Crippen LogP contribution < -0.4 is 5.32 Å². The van der Waals surface area contributed by atoms with Crippen molar-refractivity contribution < 1.29 is 4.79 Å². The number of anilines is 1. The summed E-state index contributed by atoms with van der Waals surface area (Å²) >= 11 is 0. The third-order valence-electron chi connectivity index (χ3n) is 3.52. The van der Waals surface area contributed by atoms with Crippen molar-refractivity contribution in [2.45, 2.75) is 6.92 Å². The predicted molar refractivity (Wildman–Crippen MR) is 87.8 cm³/mol. The third-order valence-corrected chi connectivity index (χ3v) is 3.52. The van der Waals surface area contributed by atoms with Gasteiger partial charge < -0.3 is 5.32 Å². The van der Waals surface area contributed by atoms with Gasteiger partial charge in [-0.3, -0.25) is 9.48 Å². The molecule has 0 fully saturated rings. The molecular weight excluding hydrogens is 274 g/mol. The van der Waals surface area contributed by atoms with Gasteiger partial charge in [-0.1, -0.05) is 42.5 Å². The predicted octanol–water partition coefficient (Wildman–Crippen LogP) is 3.65. The average Bonchev–Trinajstić information content (AvgIpc) is 2.86. The SMILES string of the molecule is Cc1nn(C)cc1NC(=O)c1ccc(-c2ccccc2)cc1. The van der Waals surface area contributed by atoms with Crippen LogP contribution in [0.2, 0.25) is 0 Å². The molecule has 1 aromatic heterocycles. The van der Waals surface area contributed by atoms with Crippen LogP contribution in [-0.2, 0) is 7.05 Å². The fraction of sp³-hybridized carbons (Fsp3) is 0.111. The normalized spacial score (nSPS) is 10.5. The number of aryl methyl sites for hydroxylation is 2. The first-order chi connectivity index (χ1) is 10.6. The highest BCUT2D eigenvalue weighted by molar-refractivity contribution is 6.04. The zero-order valence-electron chi connectivity index (χ0n) is 12.6. The monoisotopic (exact) mass is 291 g/mol. The quantitative estimate of drug-likeness (QED) is 0.800. The second kappa shape index (κ2) is 5.85. The van der Waals surface area contributed by atoms with Crippen molar-refractivity contribution in [3.63, 3.8) is 0 Å². The number of carbonyl (C=O) groups excluding carboxylic acids is 1. The van der Waals surface area contributed by atoms with Crippen LogP contribution >= 0.6 is 0 Å². The van der Waals surface area contributed by atoms with Gasteiger partial charge >= 0.3 is 0 Å². The molecule has 0 aliphatic rings. The molecule has 22 heavy (non-hydrogen) atoms. The minimum Gasteiger partial charge on any atom is -0.319 e. The first kappa shape index (κ1) is 14.1. The Bertz CT molecular complexity index is 789. The number of nitrogens with one attached hydrogen (secondary N) is 1. The summed E-state index contributed by atoms with van der Waals surface area (Å²) < 4.78 is 1.68. The van der Waals surface area contributed by atoms with Gasteiger partial charge in [-0.15, -0.1) is 0 Å². The zero-order chi connectivity index (χ0) is 15.5. The van der Waals surface area contributed by atoms with Crippen LogP contribution in [0, 0.1) is 6.92 Å². The second-order valence-electron chi connectivity index (χ2n) is 5.20. The zero-order valence-corrected chi connectivity index (χ0v) is 12.6. The van der Waals surface area contributed by atoms with E-state index in [9.17, 15) is 4.79 Å². The van der Waals surface area contributed by atoms with Crippen molar-refractivity contribution in [3.05, 3.63) is 72.1 Å². The highest BCUT2D eigenvalue weighted by Crippen LogP contribution is 2.20. The van der Waals surface area contributed by atoms with Gasteiger partial charge in [0, 0.05) is 18.8 Å². The van der Waals surface area contributed by atoms with Gasteiger partial charge in [0.05, 0.1) is 11.4 Å². The second-order valence-corrected chi connectivity index (χ2v) is 5.20. The summed E-state index contributed by atoms with van der Waals surface area (Å²) in [5, 5.41) is 7.10. The standard InChI is InChI=1S/C18H17N3O/c1-13-17(12-21(2)20-13)19-18(22)16-10-8-15(9-11-16)14-6-4-3-5-7-14/h3-12H,1-2H3,(H,19,22). The van der Waals surface area contributed by atoms with E-state index in [0.29, 0.717) is 5.56 Å². The number of carbonyl (C=O) groups is 1. The highest BCUT2D eigenvalue weighted by atomic mass is 16.1. The summed E-state index contributed by atoms with van der Waals surface area (Å²) in [5.41, 5.74) is 4.39. The number of hydrogen-bond acceptors (Lipinski definition) is 2. The largest absolute Gasteiger partial charge is 0.319 e. The van der Waals surface area contributed by atoms with Crippen LogP contribution in [0.3, 0.4) is 0 Å². The molecule has 0 unspecified atom stereocenters. The van der Waals surface area contributed by atoms with Crippen molar-refractivity contribution in [1.82, 2.24) is 9.78 Å². The van der Waals surface area contributed by atoms with Crippen molar-refractivity contribution in [3.8, 4) is 11.1 Å². The van der Waals surface area contributed by atoms with Gasteiger partial charge in [-0.2, -0.15) is 5.10 Å². The third kappa shape index (κ3) is 2.91. The first-order valence-corrected chi connectivity index (χ1v) is 7.10. The first-order valence-electron chi connectivity index (χ1n) is 7.10. The Labute approximate surface area is 129 Å². The lowest BCUT2D eigenvalue weighted by molar-refractivity contribution is 0.102. The molecular formula is C18H17N3O. The lowest BCUT2D eigenvalue weighted by Crippen LogP contribution is -2.11. The molecule has 0 saturated carbocycles. The molecule has 0 radical (unpaired) electrons.